The summed E-state index contributed by atoms with van der Waals surface area (Å²) >= 11 is 0. The van der Waals surface area contributed by atoms with Crippen LogP contribution in [0.5, 0.6) is 0 Å². The summed E-state index contributed by atoms with van der Waals surface area (Å²) in [5.74, 6) is -1.07. The van der Waals surface area contributed by atoms with Crippen LogP contribution in [-0.2, 0) is 21.2 Å². The molecule has 0 spiro atoms. The highest BCUT2D eigenvalue weighted by molar-refractivity contribution is 7.89. The van der Waals surface area contributed by atoms with Gasteiger partial charge in [0.1, 0.15) is 0 Å². The summed E-state index contributed by atoms with van der Waals surface area (Å²) < 4.78 is 30.8. The Bertz CT molecular complexity index is 888. The van der Waals surface area contributed by atoms with Crippen molar-refractivity contribution in [1.82, 2.24) is 4.72 Å². The van der Waals surface area contributed by atoms with Gasteiger partial charge in [-0.15, -0.1) is 0 Å². The number of ether oxygens (including phenoxy) is 1. The lowest BCUT2D eigenvalue weighted by Crippen LogP contribution is -2.19. The van der Waals surface area contributed by atoms with Crippen LogP contribution in [0.3, 0.4) is 0 Å². The molecule has 0 radical (unpaired) electrons. The van der Waals surface area contributed by atoms with Crippen LogP contribution in [-0.4, -0.2) is 33.8 Å². The Morgan fingerprint density at radius 1 is 1.04 bits per heavy atom. The third-order valence-corrected chi connectivity index (χ3v) is 5.21. The maximum atomic E-state index is 12.1. The molecular weight excluding hydrogens is 354 g/mol. The van der Waals surface area contributed by atoms with E-state index in [4.69, 9.17) is 4.74 Å². The first kappa shape index (κ1) is 19.8. The highest BCUT2D eigenvalue weighted by Crippen LogP contribution is 2.13. The highest BCUT2D eigenvalue weighted by atomic mass is 32.2. The fourth-order valence-electron chi connectivity index (χ4n) is 2.35. The molecule has 0 atom stereocenters. The predicted molar refractivity (Wildman–Crippen MR) is 97.7 cm³/mol. The van der Waals surface area contributed by atoms with E-state index in [9.17, 15) is 18.0 Å². The molecular formula is C19H21NO5S. The van der Waals surface area contributed by atoms with E-state index in [1.54, 1.807) is 12.1 Å². The molecule has 0 aliphatic carbocycles. The van der Waals surface area contributed by atoms with E-state index in [0.717, 1.165) is 18.4 Å². The normalized spacial score (nSPS) is 11.2. The van der Waals surface area contributed by atoms with E-state index in [1.807, 2.05) is 12.1 Å². The van der Waals surface area contributed by atoms with Crippen LogP contribution in [0.15, 0.2) is 53.4 Å². The average molecular weight is 375 g/mol. The van der Waals surface area contributed by atoms with Gasteiger partial charge in [0.25, 0.3) is 0 Å². The molecule has 0 saturated carbocycles. The first-order chi connectivity index (χ1) is 12.4. The minimum Gasteiger partial charge on any atom is -0.454 e. The Hall–Kier alpha value is -2.51. The Morgan fingerprint density at radius 2 is 1.73 bits per heavy atom. The van der Waals surface area contributed by atoms with Crippen LogP contribution in [0.1, 0.15) is 39.6 Å². The van der Waals surface area contributed by atoms with Crippen molar-refractivity contribution in [1.29, 1.82) is 0 Å². The fourth-order valence-corrected chi connectivity index (χ4v) is 3.13. The molecule has 7 heteroatoms. The second-order valence-electron chi connectivity index (χ2n) is 5.68. The molecule has 0 amide bonds. The standard InChI is InChI=1S/C19H21NO5S/c1-3-5-14-8-10-15(11-9-14)18(21)13-25-19(22)16-6-4-7-17(12-16)26(23,24)20-2/h4,6-12,20H,3,5,13H2,1-2H3. The number of carbonyl (C=O) groups excluding carboxylic acids is 2. The van der Waals surface area contributed by atoms with E-state index < -0.39 is 22.6 Å². The van der Waals surface area contributed by atoms with Crippen molar-refractivity contribution in [3.05, 3.63) is 65.2 Å². The van der Waals surface area contributed by atoms with Crippen LogP contribution in [0.2, 0.25) is 0 Å². The van der Waals surface area contributed by atoms with E-state index >= 15 is 0 Å². The van der Waals surface area contributed by atoms with E-state index in [-0.39, 0.29) is 16.2 Å². The van der Waals surface area contributed by atoms with Crippen molar-refractivity contribution in [3.8, 4) is 0 Å². The summed E-state index contributed by atoms with van der Waals surface area (Å²) in [6, 6.07) is 12.6. The first-order valence-corrected chi connectivity index (χ1v) is 9.68. The number of esters is 1. The van der Waals surface area contributed by atoms with Crippen LogP contribution >= 0.6 is 0 Å². The molecule has 0 fully saturated rings. The third kappa shape index (κ3) is 5.00. The molecule has 2 rings (SSSR count). The summed E-state index contributed by atoms with van der Waals surface area (Å²) in [7, 11) is -2.38. The SMILES string of the molecule is CCCc1ccc(C(=O)COC(=O)c2cccc(S(=O)(=O)NC)c2)cc1. The minimum atomic E-state index is -3.66. The van der Waals surface area contributed by atoms with Gasteiger partial charge in [0, 0.05) is 5.56 Å². The van der Waals surface area contributed by atoms with Gasteiger partial charge in [-0.25, -0.2) is 17.9 Å². The molecule has 6 nitrogen and oxygen atoms in total. The van der Waals surface area contributed by atoms with Crippen LogP contribution in [0.25, 0.3) is 0 Å². The number of aryl methyl sites for hydroxylation is 1. The molecule has 0 aliphatic heterocycles. The zero-order chi connectivity index (χ0) is 19.2. The number of ketones is 1. The monoisotopic (exact) mass is 375 g/mol. The van der Waals surface area contributed by atoms with Crippen molar-refractivity contribution in [2.75, 3.05) is 13.7 Å². The van der Waals surface area contributed by atoms with Crippen molar-refractivity contribution in [2.45, 2.75) is 24.7 Å². The Morgan fingerprint density at radius 3 is 2.35 bits per heavy atom. The number of rotatable bonds is 8. The summed E-state index contributed by atoms with van der Waals surface area (Å²) in [6.45, 7) is 1.67. The minimum absolute atomic E-state index is 0.0488. The molecule has 0 bridgehead atoms. The van der Waals surface area contributed by atoms with Gasteiger partial charge in [-0.1, -0.05) is 43.7 Å². The molecule has 2 aromatic carbocycles. The molecule has 0 unspecified atom stereocenters. The lowest BCUT2D eigenvalue weighted by molar-refractivity contribution is 0.0474. The van der Waals surface area contributed by atoms with Gasteiger partial charge in [-0.2, -0.15) is 0 Å². The zero-order valence-corrected chi connectivity index (χ0v) is 15.5. The van der Waals surface area contributed by atoms with Gasteiger partial charge in [-0.05, 0) is 37.2 Å². The fraction of sp³-hybridized carbons (Fsp3) is 0.263. The van der Waals surface area contributed by atoms with Crippen molar-refractivity contribution < 1.29 is 22.7 Å². The Kier molecular flexibility index (Phi) is 6.65. The summed E-state index contributed by atoms with van der Waals surface area (Å²) in [4.78, 5) is 24.2. The van der Waals surface area contributed by atoms with Crippen molar-refractivity contribution >= 4 is 21.8 Å². The summed E-state index contributed by atoms with van der Waals surface area (Å²) in [6.07, 6.45) is 1.96. The van der Waals surface area contributed by atoms with E-state index in [1.165, 1.54) is 31.3 Å². The zero-order valence-electron chi connectivity index (χ0n) is 14.7. The number of nitrogens with one attached hydrogen (secondary N) is 1. The van der Waals surface area contributed by atoms with E-state index in [2.05, 4.69) is 11.6 Å². The third-order valence-electron chi connectivity index (χ3n) is 3.80. The number of sulfonamides is 1. The number of hydrogen-bond donors (Lipinski definition) is 1. The Balaban J connectivity index is 2.02. The molecule has 0 heterocycles. The average Bonchev–Trinajstić information content (AvgIpc) is 2.66. The lowest BCUT2D eigenvalue weighted by Gasteiger charge is -2.07. The van der Waals surface area contributed by atoms with Gasteiger partial charge in [0.15, 0.2) is 12.4 Å². The number of benzene rings is 2. The number of Topliss-reactive ketones (excluding diaryl/α,β-unsaturated/α-hetero) is 1. The quantitative estimate of drug-likeness (QED) is 0.566. The molecule has 26 heavy (non-hydrogen) atoms. The van der Waals surface area contributed by atoms with Crippen LogP contribution in [0, 0.1) is 0 Å². The predicted octanol–water partition coefficient (Wildman–Crippen LogP) is 2.59. The Labute approximate surface area is 153 Å². The number of hydrogen-bond acceptors (Lipinski definition) is 5. The number of carbonyl (C=O) groups is 2. The highest BCUT2D eigenvalue weighted by Gasteiger charge is 2.16. The molecule has 0 aliphatic rings. The van der Waals surface area contributed by atoms with Gasteiger partial charge in [-0.3, -0.25) is 4.79 Å². The molecule has 138 valence electrons. The molecule has 1 N–H and O–H groups in total. The maximum absolute atomic E-state index is 12.1. The molecule has 0 saturated heterocycles. The topological polar surface area (TPSA) is 89.5 Å². The summed E-state index contributed by atoms with van der Waals surface area (Å²) in [5.41, 5.74) is 1.67. The molecule has 0 aromatic heterocycles. The maximum Gasteiger partial charge on any atom is 0.338 e. The lowest BCUT2D eigenvalue weighted by atomic mass is 10.1. The van der Waals surface area contributed by atoms with Gasteiger partial charge in [0.2, 0.25) is 10.0 Å². The summed E-state index contributed by atoms with van der Waals surface area (Å²) in [5, 5.41) is 0. The van der Waals surface area contributed by atoms with Crippen molar-refractivity contribution in [3.63, 3.8) is 0 Å². The second kappa shape index (κ2) is 8.73. The smallest absolute Gasteiger partial charge is 0.338 e. The van der Waals surface area contributed by atoms with Gasteiger partial charge < -0.3 is 4.74 Å². The molecule has 2 aromatic rings. The van der Waals surface area contributed by atoms with Crippen LogP contribution < -0.4 is 4.72 Å². The first-order valence-electron chi connectivity index (χ1n) is 8.20. The largest absolute Gasteiger partial charge is 0.454 e. The van der Waals surface area contributed by atoms with Crippen LogP contribution in [0.4, 0.5) is 0 Å². The van der Waals surface area contributed by atoms with Gasteiger partial charge in [0.05, 0.1) is 10.5 Å². The van der Waals surface area contributed by atoms with Gasteiger partial charge >= 0.3 is 5.97 Å². The second-order valence-corrected chi connectivity index (χ2v) is 7.57. The van der Waals surface area contributed by atoms with E-state index in [0.29, 0.717) is 5.56 Å². The van der Waals surface area contributed by atoms with Crippen molar-refractivity contribution in [2.24, 2.45) is 0 Å².